The topological polar surface area (TPSA) is 126 Å². The molecule has 34 heavy (non-hydrogen) atoms. The Morgan fingerprint density at radius 3 is 2.59 bits per heavy atom. The molecule has 9 nitrogen and oxygen atoms in total. The number of amides is 1. The number of carbonyl (C=O) groups excluding carboxylic acids is 1. The molecule has 1 saturated heterocycles. The fraction of sp³-hybridized carbons (Fsp3) is 0.261. The number of fused-ring (bicyclic) bond motifs is 1. The minimum absolute atomic E-state index is 0.00751. The van der Waals surface area contributed by atoms with Crippen molar-refractivity contribution in [3.63, 3.8) is 0 Å². The molecule has 0 radical (unpaired) electrons. The summed E-state index contributed by atoms with van der Waals surface area (Å²) in [4.78, 5) is 22.3. The summed E-state index contributed by atoms with van der Waals surface area (Å²) >= 11 is 0. The maximum absolute atomic E-state index is 14.8. The molecule has 2 aromatic heterocycles. The van der Waals surface area contributed by atoms with Crippen LogP contribution in [0.2, 0.25) is 0 Å². The van der Waals surface area contributed by atoms with Crippen molar-refractivity contribution in [1.29, 1.82) is 0 Å². The van der Waals surface area contributed by atoms with Crippen LogP contribution in [0.4, 0.5) is 26.0 Å². The van der Waals surface area contributed by atoms with Crippen molar-refractivity contribution in [2.24, 2.45) is 5.73 Å². The summed E-state index contributed by atoms with van der Waals surface area (Å²) in [6.45, 7) is 3.08. The number of morpholine rings is 1. The number of carbonyl (C=O) groups is 1. The van der Waals surface area contributed by atoms with E-state index in [1.165, 1.54) is 6.07 Å². The summed E-state index contributed by atoms with van der Waals surface area (Å²) in [6, 6.07) is 6.90. The number of anilines is 3. The van der Waals surface area contributed by atoms with E-state index in [1.54, 1.807) is 12.3 Å². The van der Waals surface area contributed by atoms with Gasteiger partial charge in [-0.25, -0.2) is 13.8 Å². The second-order valence-electron chi connectivity index (χ2n) is 8.00. The Hall–Kier alpha value is -3.67. The van der Waals surface area contributed by atoms with E-state index in [4.69, 9.17) is 10.5 Å². The number of pyridine rings is 2. The summed E-state index contributed by atoms with van der Waals surface area (Å²) in [5, 5.41) is 16.4. The molecule has 1 fully saturated rings. The highest BCUT2D eigenvalue weighted by Gasteiger charge is 2.28. The van der Waals surface area contributed by atoms with Crippen molar-refractivity contribution in [3.05, 3.63) is 65.0 Å². The van der Waals surface area contributed by atoms with E-state index in [1.807, 2.05) is 6.07 Å². The number of nitrogens with one attached hydrogen (secondary N) is 2. The molecule has 0 saturated carbocycles. The zero-order chi connectivity index (χ0) is 23.8. The van der Waals surface area contributed by atoms with Crippen molar-refractivity contribution in [1.82, 2.24) is 15.3 Å². The molecule has 0 aliphatic carbocycles. The number of ether oxygens (including phenoxy) is 1. The molecule has 1 atom stereocenters. The fourth-order valence-corrected chi connectivity index (χ4v) is 4.14. The molecule has 3 aromatic rings. The van der Waals surface area contributed by atoms with Crippen LogP contribution in [0.5, 0.6) is 0 Å². The van der Waals surface area contributed by atoms with Gasteiger partial charge in [0.25, 0.3) is 0 Å². The second-order valence-corrected chi connectivity index (χ2v) is 8.00. The quantitative estimate of drug-likeness (QED) is 0.449. The lowest BCUT2D eigenvalue weighted by Gasteiger charge is -2.28. The van der Waals surface area contributed by atoms with Gasteiger partial charge in [-0.2, -0.15) is 0 Å². The van der Waals surface area contributed by atoms with Gasteiger partial charge in [0.15, 0.2) is 0 Å². The largest absolute Gasteiger partial charge is 0.378 e. The van der Waals surface area contributed by atoms with Crippen molar-refractivity contribution >= 4 is 23.1 Å². The molecule has 1 aromatic carbocycles. The summed E-state index contributed by atoms with van der Waals surface area (Å²) < 4.78 is 34.9. The van der Waals surface area contributed by atoms with Crippen LogP contribution in [0.3, 0.4) is 0 Å². The Kier molecular flexibility index (Phi) is 5.82. The van der Waals surface area contributed by atoms with Crippen LogP contribution in [-0.4, -0.2) is 47.3 Å². The highest BCUT2D eigenvalue weighted by molar-refractivity contribution is 5.93. The first-order chi connectivity index (χ1) is 16.4. The predicted molar refractivity (Wildman–Crippen MR) is 120 cm³/mol. The predicted octanol–water partition coefficient (Wildman–Crippen LogP) is 2.19. The molecule has 4 heterocycles. The van der Waals surface area contributed by atoms with E-state index >= 15 is 0 Å². The van der Waals surface area contributed by atoms with E-state index in [9.17, 15) is 18.7 Å². The molecule has 5 rings (SSSR count). The van der Waals surface area contributed by atoms with Gasteiger partial charge in [0.05, 0.1) is 47.7 Å². The summed E-state index contributed by atoms with van der Waals surface area (Å²) in [5.74, 6) is -2.38. The summed E-state index contributed by atoms with van der Waals surface area (Å²) in [6.07, 6.45) is 0.727. The van der Waals surface area contributed by atoms with E-state index in [0.717, 1.165) is 30.9 Å². The van der Waals surface area contributed by atoms with E-state index < -0.39 is 29.3 Å². The molecule has 5 N–H and O–H groups in total. The maximum Gasteiger partial charge on any atom is 0.248 e. The summed E-state index contributed by atoms with van der Waals surface area (Å²) in [5.41, 5.74) is 6.75. The lowest BCUT2D eigenvalue weighted by molar-refractivity contribution is 0.0999. The number of benzene rings is 1. The molecule has 0 bridgehead atoms. The third-order valence-electron chi connectivity index (χ3n) is 5.84. The molecule has 2 aliphatic heterocycles. The lowest BCUT2D eigenvalue weighted by atomic mass is 10.0. The number of aliphatic hydroxyl groups excluding tert-OH is 1. The molecule has 1 unspecified atom stereocenters. The average Bonchev–Trinajstić information content (AvgIpc) is 3.20. The van der Waals surface area contributed by atoms with Crippen LogP contribution in [0.15, 0.2) is 36.5 Å². The minimum atomic E-state index is -1.00. The van der Waals surface area contributed by atoms with Crippen molar-refractivity contribution in [2.45, 2.75) is 12.8 Å². The van der Waals surface area contributed by atoms with Gasteiger partial charge in [0, 0.05) is 30.8 Å². The van der Waals surface area contributed by atoms with Crippen molar-refractivity contribution in [3.8, 4) is 11.3 Å². The Balaban J connectivity index is 1.50. The molecular weight excluding hydrogens is 446 g/mol. The van der Waals surface area contributed by atoms with Gasteiger partial charge < -0.3 is 25.8 Å². The van der Waals surface area contributed by atoms with Crippen LogP contribution < -0.4 is 21.3 Å². The minimum Gasteiger partial charge on any atom is -0.378 e. The maximum atomic E-state index is 14.8. The van der Waals surface area contributed by atoms with Gasteiger partial charge in [0.1, 0.15) is 23.7 Å². The molecular formula is C23H22F2N6O3. The molecule has 1 amide bonds. The Labute approximate surface area is 193 Å². The van der Waals surface area contributed by atoms with Crippen LogP contribution in [-0.2, 0) is 11.3 Å². The zero-order valence-corrected chi connectivity index (χ0v) is 18.0. The van der Waals surface area contributed by atoms with E-state index in [2.05, 4.69) is 25.5 Å². The molecule has 0 spiro atoms. The number of nitrogens with two attached hydrogens (primary N) is 1. The van der Waals surface area contributed by atoms with Gasteiger partial charge in [-0.15, -0.1) is 0 Å². The van der Waals surface area contributed by atoms with Gasteiger partial charge in [-0.1, -0.05) is 0 Å². The van der Waals surface area contributed by atoms with Crippen molar-refractivity contribution < 1.29 is 23.4 Å². The monoisotopic (exact) mass is 468 g/mol. The van der Waals surface area contributed by atoms with Gasteiger partial charge in [-0.05, 0) is 30.3 Å². The fourth-order valence-electron chi connectivity index (χ4n) is 4.14. The lowest BCUT2D eigenvalue weighted by Crippen LogP contribution is -2.36. The number of primary amides is 1. The number of aliphatic hydroxyl groups is 1. The number of nitrogens with zero attached hydrogens (tertiary/aromatic N) is 3. The van der Waals surface area contributed by atoms with Gasteiger partial charge in [0.2, 0.25) is 5.91 Å². The van der Waals surface area contributed by atoms with Crippen LogP contribution >= 0.6 is 0 Å². The smallest absolute Gasteiger partial charge is 0.248 e. The van der Waals surface area contributed by atoms with Crippen LogP contribution in [0.1, 0.15) is 27.8 Å². The number of halogens is 2. The summed E-state index contributed by atoms with van der Waals surface area (Å²) in [7, 11) is 0. The Morgan fingerprint density at radius 1 is 1.21 bits per heavy atom. The Bertz CT molecular complexity index is 1230. The molecule has 2 aliphatic rings. The second kappa shape index (κ2) is 8.93. The zero-order valence-electron chi connectivity index (χ0n) is 18.0. The number of rotatable bonds is 5. The van der Waals surface area contributed by atoms with Gasteiger partial charge in [-0.3, -0.25) is 15.1 Å². The van der Waals surface area contributed by atoms with Crippen LogP contribution in [0, 0.1) is 11.6 Å². The normalized spacial score (nSPS) is 17.5. The number of hydrogen-bond donors (Lipinski definition) is 4. The van der Waals surface area contributed by atoms with Gasteiger partial charge >= 0.3 is 0 Å². The SMILES string of the molecule is NC(=O)c1cc(F)c(-c2cc(Nc3ccc(N4CCOCC4)cn3)c3c(n2)CNC3O)c(F)c1. The average molecular weight is 468 g/mol. The Morgan fingerprint density at radius 2 is 1.94 bits per heavy atom. The molecule has 11 heteroatoms. The highest BCUT2D eigenvalue weighted by Crippen LogP contribution is 2.36. The third kappa shape index (κ3) is 4.16. The standard InChI is InChI=1S/C23H22F2N6O3/c24-14-7-12(22(26)32)8-15(25)20(14)16-9-17(21-18(29-16)11-28-23(21)33)30-19-2-1-13(10-27-19)31-3-5-34-6-4-31/h1-2,7-10,23,28,33H,3-6,11H2,(H2,26,32)(H,27,29,30). The first-order valence-corrected chi connectivity index (χ1v) is 10.7. The molecule has 176 valence electrons. The third-order valence-corrected chi connectivity index (χ3v) is 5.84. The highest BCUT2D eigenvalue weighted by atomic mass is 19.1. The first-order valence-electron chi connectivity index (χ1n) is 10.7. The number of aromatic nitrogens is 2. The van der Waals surface area contributed by atoms with E-state index in [0.29, 0.717) is 36.0 Å². The van der Waals surface area contributed by atoms with Crippen molar-refractivity contribution in [2.75, 3.05) is 36.5 Å². The van der Waals surface area contributed by atoms with Crippen LogP contribution in [0.25, 0.3) is 11.3 Å². The number of hydrogen-bond acceptors (Lipinski definition) is 8. The van der Waals surface area contributed by atoms with E-state index in [-0.39, 0.29) is 17.8 Å². The first kappa shape index (κ1) is 22.1.